The highest BCUT2D eigenvalue weighted by Gasteiger charge is 2.24. The Kier molecular flexibility index (Phi) is 5.23. The van der Waals surface area contributed by atoms with Gasteiger partial charge in [-0.15, -0.1) is 0 Å². The summed E-state index contributed by atoms with van der Waals surface area (Å²) in [6.07, 6.45) is 0. The lowest BCUT2D eigenvalue weighted by Gasteiger charge is -2.16. The second kappa shape index (κ2) is 6.98. The number of amides is 1. The Hall–Kier alpha value is -2.11. The van der Waals surface area contributed by atoms with Crippen LogP contribution in [0.4, 0.5) is 5.69 Å². The Bertz CT molecular complexity index is 778. The van der Waals surface area contributed by atoms with Gasteiger partial charge >= 0.3 is 0 Å². The Morgan fingerprint density at radius 2 is 1.96 bits per heavy atom. The first-order valence-corrected chi connectivity index (χ1v) is 7.56. The van der Waals surface area contributed by atoms with E-state index in [9.17, 15) is 14.9 Å². The minimum Gasteiger partial charge on any atom is -0.345 e. The molecule has 7 heteroatoms. The Morgan fingerprint density at radius 3 is 2.57 bits per heavy atom. The fraction of sp³-hybridized carbons (Fsp3) is 0.188. The number of para-hydroxylation sites is 1. The molecule has 0 radical (unpaired) electrons. The van der Waals surface area contributed by atoms with Crippen LogP contribution in [-0.2, 0) is 0 Å². The average Bonchev–Trinajstić information content (AvgIpc) is 2.46. The molecule has 0 aliphatic heterocycles. The Labute approximate surface area is 143 Å². The van der Waals surface area contributed by atoms with E-state index < -0.39 is 16.9 Å². The monoisotopic (exact) mass is 352 g/mol. The SMILES string of the molecule is Cc1cccc(C(=O)NC(C)c2ccc(Cl)cc2Cl)c1[N+](=O)[O-]. The number of halogens is 2. The van der Waals surface area contributed by atoms with Crippen molar-refractivity contribution < 1.29 is 9.72 Å². The summed E-state index contributed by atoms with van der Waals surface area (Å²) < 4.78 is 0. The maximum Gasteiger partial charge on any atom is 0.285 e. The fourth-order valence-corrected chi connectivity index (χ4v) is 2.86. The molecule has 5 nitrogen and oxygen atoms in total. The number of hydrogen-bond acceptors (Lipinski definition) is 3. The van der Waals surface area contributed by atoms with Gasteiger partial charge in [-0.05, 0) is 37.6 Å². The zero-order chi connectivity index (χ0) is 17.1. The van der Waals surface area contributed by atoms with Gasteiger partial charge in [-0.3, -0.25) is 14.9 Å². The molecule has 1 N–H and O–H groups in total. The molecule has 1 atom stereocenters. The molecular formula is C16H14Cl2N2O3. The van der Waals surface area contributed by atoms with Crippen LogP contribution in [0.5, 0.6) is 0 Å². The standard InChI is InChI=1S/C16H14Cl2N2O3/c1-9-4-3-5-13(15(9)20(22)23)16(21)19-10(2)12-7-6-11(17)8-14(12)18/h3-8,10H,1-2H3,(H,19,21). The summed E-state index contributed by atoms with van der Waals surface area (Å²) in [5, 5.41) is 14.8. The molecule has 0 fully saturated rings. The number of nitro benzene ring substituents is 1. The third kappa shape index (κ3) is 3.81. The molecule has 0 saturated carbocycles. The van der Waals surface area contributed by atoms with E-state index in [1.165, 1.54) is 6.07 Å². The van der Waals surface area contributed by atoms with E-state index in [1.807, 2.05) is 0 Å². The summed E-state index contributed by atoms with van der Waals surface area (Å²) in [6.45, 7) is 3.34. The van der Waals surface area contributed by atoms with Crippen LogP contribution in [0.3, 0.4) is 0 Å². The van der Waals surface area contributed by atoms with Crippen molar-refractivity contribution in [1.82, 2.24) is 5.32 Å². The van der Waals surface area contributed by atoms with Gasteiger partial charge in [0.2, 0.25) is 0 Å². The molecule has 0 bridgehead atoms. The van der Waals surface area contributed by atoms with Crippen LogP contribution in [0, 0.1) is 17.0 Å². The van der Waals surface area contributed by atoms with Crippen LogP contribution in [0.2, 0.25) is 10.0 Å². The molecule has 0 spiro atoms. The van der Waals surface area contributed by atoms with E-state index in [-0.39, 0.29) is 11.3 Å². The molecule has 0 aliphatic carbocycles. The molecule has 0 saturated heterocycles. The Morgan fingerprint density at radius 1 is 1.26 bits per heavy atom. The molecule has 2 aromatic carbocycles. The van der Waals surface area contributed by atoms with Gasteiger partial charge in [0.1, 0.15) is 5.56 Å². The average molecular weight is 353 g/mol. The predicted molar refractivity (Wildman–Crippen MR) is 90.2 cm³/mol. The summed E-state index contributed by atoms with van der Waals surface area (Å²) in [5.41, 5.74) is 0.936. The van der Waals surface area contributed by atoms with Gasteiger partial charge in [0, 0.05) is 15.6 Å². The van der Waals surface area contributed by atoms with Crippen molar-refractivity contribution in [2.75, 3.05) is 0 Å². The summed E-state index contributed by atoms with van der Waals surface area (Å²) in [7, 11) is 0. The Balaban J connectivity index is 2.29. The van der Waals surface area contributed by atoms with Gasteiger partial charge in [0.05, 0.1) is 11.0 Å². The zero-order valence-electron chi connectivity index (χ0n) is 12.5. The number of carbonyl (C=O) groups excluding carboxylic acids is 1. The minimum atomic E-state index is -0.551. The van der Waals surface area contributed by atoms with Crippen LogP contribution in [0.15, 0.2) is 36.4 Å². The number of hydrogen-bond donors (Lipinski definition) is 1. The van der Waals surface area contributed by atoms with Crippen molar-refractivity contribution in [2.24, 2.45) is 0 Å². The zero-order valence-corrected chi connectivity index (χ0v) is 14.0. The molecule has 1 unspecified atom stereocenters. The van der Waals surface area contributed by atoms with Gasteiger partial charge in [0.25, 0.3) is 11.6 Å². The molecule has 23 heavy (non-hydrogen) atoms. The highest BCUT2D eigenvalue weighted by molar-refractivity contribution is 6.35. The fourth-order valence-electron chi connectivity index (χ4n) is 2.29. The van der Waals surface area contributed by atoms with Crippen molar-refractivity contribution >= 4 is 34.8 Å². The second-order valence-corrected chi connectivity index (χ2v) is 5.93. The number of rotatable bonds is 4. The van der Waals surface area contributed by atoms with E-state index in [4.69, 9.17) is 23.2 Å². The van der Waals surface area contributed by atoms with Crippen LogP contribution in [0.25, 0.3) is 0 Å². The lowest BCUT2D eigenvalue weighted by Crippen LogP contribution is -2.27. The van der Waals surface area contributed by atoms with Gasteiger partial charge in [-0.25, -0.2) is 0 Å². The van der Waals surface area contributed by atoms with Crippen LogP contribution >= 0.6 is 23.2 Å². The molecule has 2 rings (SSSR count). The normalized spacial score (nSPS) is 11.8. The van der Waals surface area contributed by atoms with Crippen molar-refractivity contribution in [3.63, 3.8) is 0 Å². The number of nitro groups is 1. The van der Waals surface area contributed by atoms with Gasteiger partial charge < -0.3 is 5.32 Å². The third-order valence-corrected chi connectivity index (χ3v) is 4.00. The summed E-state index contributed by atoms with van der Waals surface area (Å²) in [4.78, 5) is 23.0. The van der Waals surface area contributed by atoms with E-state index in [2.05, 4.69) is 5.32 Å². The first kappa shape index (κ1) is 17.2. The topological polar surface area (TPSA) is 72.2 Å². The van der Waals surface area contributed by atoms with Crippen molar-refractivity contribution in [3.8, 4) is 0 Å². The van der Waals surface area contributed by atoms with E-state index in [1.54, 1.807) is 44.2 Å². The molecule has 1 amide bonds. The molecule has 0 heterocycles. The summed E-state index contributed by atoms with van der Waals surface area (Å²) in [6, 6.07) is 9.16. The highest BCUT2D eigenvalue weighted by Crippen LogP contribution is 2.27. The van der Waals surface area contributed by atoms with Crippen LogP contribution in [0.1, 0.15) is 34.5 Å². The molecule has 120 valence electrons. The smallest absolute Gasteiger partial charge is 0.285 e. The van der Waals surface area contributed by atoms with Crippen molar-refractivity contribution in [1.29, 1.82) is 0 Å². The maximum absolute atomic E-state index is 12.4. The van der Waals surface area contributed by atoms with Gasteiger partial charge in [-0.1, -0.05) is 41.4 Å². The summed E-state index contributed by atoms with van der Waals surface area (Å²) >= 11 is 12.0. The quantitative estimate of drug-likeness (QED) is 0.640. The van der Waals surface area contributed by atoms with Crippen LogP contribution in [-0.4, -0.2) is 10.8 Å². The number of benzene rings is 2. The predicted octanol–water partition coefficient (Wildman–Crippen LogP) is 4.70. The van der Waals surface area contributed by atoms with Gasteiger partial charge in [0.15, 0.2) is 0 Å². The van der Waals surface area contributed by atoms with Crippen molar-refractivity contribution in [3.05, 3.63) is 73.2 Å². The van der Waals surface area contributed by atoms with Crippen molar-refractivity contribution in [2.45, 2.75) is 19.9 Å². The van der Waals surface area contributed by atoms with Gasteiger partial charge in [-0.2, -0.15) is 0 Å². The minimum absolute atomic E-state index is 0.0203. The summed E-state index contributed by atoms with van der Waals surface area (Å²) in [5.74, 6) is -0.529. The lowest BCUT2D eigenvalue weighted by molar-refractivity contribution is -0.385. The first-order valence-electron chi connectivity index (χ1n) is 6.81. The first-order chi connectivity index (χ1) is 10.8. The largest absolute Gasteiger partial charge is 0.345 e. The van der Waals surface area contributed by atoms with E-state index in [0.29, 0.717) is 21.2 Å². The molecule has 0 aromatic heterocycles. The number of nitrogens with one attached hydrogen (secondary N) is 1. The number of nitrogens with zero attached hydrogens (tertiary/aromatic N) is 1. The molecular weight excluding hydrogens is 339 g/mol. The lowest BCUT2D eigenvalue weighted by atomic mass is 10.1. The molecule has 2 aromatic rings. The van der Waals surface area contributed by atoms with E-state index in [0.717, 1.165) is 0 Å². The van der Waals surface area contributed by atoms with E-state index >= 15 is 0 Å². The number of aryl methyl sites for hydroxylation is 1. The molecule has 0 aliphatic rings. The van der Waals surface area contributed by atoms with Crippen LogP contribution < -0.4 is 5.32 Å². The maximum atomic E-state index is 12.4. The third-order valence-electron chi connectivity index (χ3n) is 3.44. The second-order valence-electron chi connectivity index (χ2n) is 5.09. The number of carbonyl (C=O) groups is 1. The highest BCUT2D eigenvalue weighted by atomic mass is 35.5.